The van der Waals surface area contributed by atoms with Gasteiger partial charge in [-0.3, -0.25) is 4.68 Å². The van der Waals surface area contributed by atoms with Crippen LogP contribution in [0.5, 0.6) is 0 Å². The zero-order chi connectivity index (χ0) is 15.4. The summed E-state index contributed by atoms with van der Waals surface area (Å²) >= 11 is 3.30. The van der Waals surface area contributed by atoms with Gasteiger partial charge in [0, 0.05) is 23.3 Å². The number of hydrogen-bond acceptors (Lipinski definition) is 3. The van der Waals surface area contributed by atoms with Crippen LogP contribution in [0.25, 0.3) is 0 Å². The Morgan fingerprint density at radius 3 is 2.67 bits per heavy atom. The van der Waals surface area contributed by atoms with Gasteiger partial charge in [0.1, 0.15) is 0 Å². The minimum absolute atomic E-state index is 0.396. The predicted molar refractivity (Wildman–Crippen MR) is 79.9 cm³/mol. The molecule has 3 N–H and O–H groups in total. The van der Waals surface area contributed by atoms with Gasteiger partial charge in [-0.05, 0) is 28.1 Å². The van der Waals surface area contributed by atoms with E-state index in [9.17, 15) is 14.7 Å². The molecule has 2 aromatic rings. The number of nitrogens with zero attached hydrogens (tertiary/aromatic N) is 2. The van der Waals surface area contributed by atoms with E-state index in [1.54, 1.807) is 25.2 Å². The van der Waals surface area contributed by atoms with Crippen LogP contribution in [0, 0.1) is 0 Å². The molecule has 7 nitrogen and oxygen atoms in total. The Morgan fingerprint density at radius 1 is 1.38 bits per heavy atom. The van der Waals surface area contributed by atoms with Gasteiger partial charge in [0.25, 0.3) is 0 Å². The predicted octanol–water partition coefficient (Wildman–Crippen LogP) is 2.13. The molecule has 2 amide bonds. The summed E-state index contributed by atoms with van der Waals surface area (Å²) in [5.74, 6) is -1.16. The van der Waals surface area contributed by atoms with Gasteiger partial charge < -0.3 is 15.7 Å². The number of benzene rings is 1. The largest absolute Gasteiger partial charge is 0.479 e. The molecule has 0 radical (unpaired) electrons. The van der Waals surface area contributed by atoms with Crippen LogP contribution >= 0.6 is 15.9 Å². The van der Waals surface area contributed by atoms with E-state index in [4.69, 9.17) is 0 Å². The lowest BCUT2D eigenvalue weighted by Crippen LogP contribution is -2.36. The van der Waals surface area contributed by atoms with Gasteiger partial charge in [-0.1, -0.05) is 12.1 Å². The monoisotopic (exact) mass is 352 g/mol. The topological polar surface area (TPSA) is 96.2 Å². The number of carboxylic acids is 1. The van der Waals surface area contributed by atoms with E-state index >= 15 is 0 Å². The summed E-state index contributed by atoms with van der Waals surface area (Å²) in [6, 6.07) is 5.26. The molecule has 0 bridgehead atoms. The smallest absolute Gasteiger partial charge is 0.331 e. The van der Waals surface area contributed by atoms with Gasteiger partial charge >= 0.3 is 12.0 Å². The fraction of sp³-hybridized carbons (Fsp3) is 0.154. The average molecular weight is 353 g/mol. The van der Waals surface area contributed by atoms with E-state index < -0.39 is 18.0 Å². The number of aliphatic carboxylic acids is 1. The zero-order valence-electron chi connectivity index (χ0n) is 11.1. The number of rotatable bonds is 4. The second-order valence-electron chi connectivity index (χ2n) is 4.30. The third-order valence-corrected chi connectivity index (χ3v) is 3.39. The van der Waals surface area contributed by atoms with E-state index in [1.807, 2.05) is 6.07 Å². The van der Waals surface area contributed by atoms with Crippen LogP contribution < -0.4 is 10.6 Å². The molecule has 0 spiro atoms. The number of halogens is 1. The summed E-state index contributed by atoms with van der Waals surface area (Å²) in [4.78, 5) is 23.2. The van der Waals surface area contributed by atoms with Crippen molar-refractivity contribution in [1.82, 2.24) is 15.1 Å². The molecular formula is C13H13BrN4O3. The van der Waals surface area contributed by atoms with Crippen LogP contribution in [0.4, 0.5) is 10.5 Å². The van der Waals surface area contributed by atoms with Crippen molar-refractivity contribution < 1.29 is 14.7 Å². The third-order valence-electron chi connectivity index (χ3n) is 2.70. The number of aromatic nitrogens is 2. The first kappa shape index (κ1) is 15.0. The Balaban J connectivity index is 2.09. The summed E-state index contributed by atoms with van der Waals surface area (Å²) in [5, 5.41) is 18.1. The van der Waals surface area contributed by atoms with Crippen molar-refractivity contribution in [3.8, 4) is 0 Å². The van der Waals surface area contributed by atoms with Gasteiger partial charge in [-0.2, -0.15) is 5.10 Å². The zero-order valence-corrected chi connectivity index (χ0v) is 12.7. The second kappa shape index (κ2) is 6.40. The Hall–Kier alpha value is -2.35. The molecule has 0 fully saturated rings. The normalized spacial score (nSPS) is 11.7. The first-order chi connectivity index (χ1) is 9.97. The molecule has 1 unspecified atom stereocenters. The van der Waals surface area contributed by atoms with E-state index in [1.165, 1.54) is 17.1 Å². The van der Waals surface area contributed by atoms with Crippen LogP contribution in [-0.4, -0.2) is 26.9 Å². The molecule has 8 heteroatoms. The van der Waals surface area contributed by atoms with Crippen molar-refractivity contribution >= 4 is 33.6 Å². The van der Waals surface area contributed by atoms with E-state index in [0.29, 0.717) is 15.7 Å². The Bertz CT molecular complexity index is 671. The molecule has 0 saturated heterocycles. The van der Waals surface area contributed by atoms with Crippen LogP contribution in [0.15, 0.2) is 41.1 Å². The SMILES string of the molecule is Cn1cc(C(NC(=O)Nc2ccccc2Br)C(=O)O)cn1. The summed E-state index contributed by atoms with van der Waals surface area (Å²) in [6.07, 6.45) is 2.94. The van der Waals surface area contributed by atoms with Crippen LogP contribution in [0.1, 0.15) is 11.6 Å². The third kappa shape index (κ3) is 3.82. The number of carbonyl (C=O) groups is 2. The quantitative estimate of drug-likeness (QED) is 0.785. The summed E-state index contributed by atoms with van der Waals surface area (Å²) in [5.41, 5.74) is 0.942. The van der Waals surface area contributed by atoms with Gasteiger partial charge in [0.15, 0.2) is 6.04 Å². The number of para-hydroxylation sites is 1. The van der Waals surface area contributed by atoms with E-state index in [0.717, 1.165) is 0 Å². The fourth-order valence-corrected chi connectivity index (χ4v) is 2.11. The highest BCUT2D eigenvalue weighted by Gasteiger charge is 2.23. The lowest BCUT2D eigenvalue weighted by molar-refractivity contribution is -0.139. The molecule has 1 aromatic heterocycles. The number of nitrogens with one attached hydrogen (secondary N) is 2. The van der Waals surface area contributed by atoms with Crippen LogP contribution in [0.3, 0.4) is 0 Å². The molecule has 1 aromatic carbocycles. The highest BCUT2D eigenvalue weighted by Crippen LogP contribution is 2.21. The van der Waals surface area contributed by atoms with Crippen molar-refractivity contribution in [3.05, 3.63) is 46.7 Å². The molecule has 2 rings (SSSR count). The Kier molecular flexibility index (Phi) is 4.59. The van der Waals surface area contributed by atoms with E-state index in [-0.39, 0.29) is 0 Å². The summed E-state index contributed by atoms with van der Waals surface area (Å²) in [7, 11) is 1.67. The maximum Gasteiger partial charge on any atom is 0.331 e. The molecule has 110 valence electrons. The van der Waals surface area contributed by atoms with Crippen molar-refractivity contribution in [2.45, 2.75) is 6.04 Å². The molecule has 0 aliphatic heterocycles. The van der Waals surface area contributed by atoms with Crippen LogP contribution in [-0.2, 0) is 11.8 Å². The number of urea groups is 1. The van der Waals surface area contributed by atoms with Crippen molar-refractivity contribution in [1.29, 1.82) is 0 Å². The Labute approximate surface area is 129 Å². The first-order valence-electron chi connectivity index (χ1n) is 6.01. The van der Waals surface area contributed by atoms with Crippen molar-refractivity contribution in [2.24, 2.45) is 7.05 Å². The maximum absolute atomic E-state index is 11.9. The number of carboxylic acid groups (broad SMARTS) is 1. The number of aryl methyl sites for hydroxylation is 1. The van der Waals surface area contributed by atoms with Gasteiger partial charge in [-0.25, -0.2) is 9.59 Å². The molecule has 0 saturated carbocycles. The highest BCUT2D eigenvalue weighted by molar-refractivity contribution is 9.10. The molecule has 1 heterocycles. The van der Waals surface area contributed by atoms with Crippen molar-refractivity contribution in [2.75, 3.05) is 5.32 Å². The van der Waals surface area contributed by atoms with Crippen molar-refractivity contribution in [3.63, 3.8) is 0 Å². The number of carbonyl (C=O) groups excluding carboxylic acids is 1. The number of anilines is 1. The van der Waals surface area contributed by atoms with Gasteiger partial charge in [0.05, 0.1) is 11.9 Å². The average Bonchev–Trinajstić information content (AvgIpc) is 2.85. The molecular weight excluding hydrogens is 340 g/mol. The molecule has 21 heavy (non-hydrogen) atoms. The molecule has 0 aliphatic carbocycles. The Morgan fingerprint density at radius 2 is 2.10 bits per heavy atom. The van der Waals surface area contributed by atoms with Gasteiger partial charge in [0.2, 0.25) is 0 Å². The summed E-state index contributed by atoms with van der Waals surface area (Å²) in [6.45, 7) is 0. The minimum Gasteiger partial charge on any atom is -0.479 e. The first-order valence-corrected chi connectivity index (χ1v) is 6.80. The molecule has 1 atom stereocenters. The minimum atomic E-state index is -1.17. The fourth-order valence-electron chi connectivity index (χ4n) is 1.73. The molecule has 0 aliphatic rings. The van der Waals surface area contributed by atoms with Crippen LogP contribution in [0.2, 0.25) is 0 Å². The second-order valence-corrected chi connectivity index (χ2v) is 5.15. The number of hydrogen-bond donors (Lipinski definition) is 3. The standard InChI is InChI=1S/C13H13BrN4O3/c1-18-7-8(6-15-18)11(12(19)20)17-13(21)16-10-5-3-2-4-9(10)14/h2-7,11H,1H3,(H,19,20)(H2,16,17,21). The number of amides is 2. The maximum atomic E-state index is 11.9. The van der Waals surface area contributed by atoms with E-state index in [2.05, 4.69) is 31.7 Å². The summed E-state index contributed by atoms with van der Waals surface area (Å²) < 4.78 is 2.17. The lowest BCUT2D eigenvalue weighted by atomic mass is 10.1. The lowest BCUT2D eigenvalue weighted by Gasteiger charge is -2.14. The highest BCUT2D eigenvalue weighted by atomic mass is 79.9. The van der Waals surface area contributed by atoms with Gasteiger partial charge in [-0.15, -0.1) is 0 Å².